The highest BCUT2D eigenvalue weighted by Gasteiger charge is 2.35. The van der Waals surface area contributed by atoms with Gasteiger partial charge in [0, 0.05) is 38.3 Å². The zero-order valence-corrected chi connectivity index (χ0v) is 14.5. The van der Waals surface area contributed by atoms with Gasteiger partial charge >= 0.3 is 0 Å². The smallest absolute Gasteiger partial charge is 0.261 e. The molecule has 1 N–H and O–H groups in total. The minimum absolute atomic E-state index is 0. The molecule has 1 aromatic rings. The van der Waals surface area contributed by atoms with Gasteiger partial charge in [0.15, 0.2) is 0 Å². The molecule has 2 heterocycles. The molecule has 3 rings (SSSR count). The summed E-state index contributed by atoms with van der Waals surface area (Å²) < 4.78 is 0. The Hall–Kier alpha value is -1.92. The number of benzene rings is 1. The van der Waals surface area contributed by atoms with Crippen molar-refractivity contribution < 1.29 is 14.4 Å². The lowest BCUT2D eigenvalue weighted by molar-refractivity contribution is 0.0651. The molecule has 0 saturated carbocycles. The number of nitrogens with one attached hydrogen (secondary N) is 1. The number of imide groups is 1. The number of piperazine rings is 1. The van der Waals surface area contributed by atoms with Gasteiger partial charge in [0.25, 0.3) is 17.7 Å². The Labute approximate surface area is 147 Å². The number of unbranched alkanes of at least 4 members (excludes halogenated alkanes) is 1. The number of hydrogen-bond donors (Lipinski definition) is 1. The van der Waals surface area contributed by atoms with Crippen molar-refractivity contribution in [3.05, 3.63) is 34.9 Å². The predicted octanol–water partition coefficient (Wildman–Crippen LogP) is 1.55. The van der Waals surface area contributed by atoms with Crippen LogP contribution in [0.2, 0.25) is 0 Å². The minimum atomic E-state index is -0.284. The molecule has 0 aromatic heterocycles. The predicted molar refractivity (Wildman–Crippen MR) is 92.7 cm³/mol. The summed E-state index contributed by atoms with van der Waals surface area (Å²) >= 11 is 0. The first-order valence-electron chi connectivity index (χ1n) is 8.13. The maximum Gasteiger partial charge on any atom is 0.261 e. The van der Waals surface area contributed by atoms with E-state index in [0.29, 0.717) is 36.3 Å². The van der Waals surface area contributed by atoms with Crippen LogP contribution < -0.4 is 5.32 Å². The van der Waals surface area contributed by atoms with Crippen molar-refractivity contribution in [1.29, 1.82) is 0 Å². The van der Waals surface area contributed by atoms with Crippen LogP contribution >= 0.6 is 12.4 Å². The summed E-state index contributed by atoms with van der Waals surface area (Å²) in [6, 6.07) is 4.83. The normalized spacial score (nSPS) is 16.9. The maximum absolute atomic E-state index is 12.5. The number of halogens is 1. The fraction of sp³-hybridized carbons (Fsp3) is 0.471. The Morgan fingerprint density at radius 2 is 1.79 bits per heavy atom. The Balaban J connectivity index is 0.00000208. The largest absolute Gasteiger partial charge is 0.336 e. The monoisotopic (exact) mass is 351 g/mol. The molecule has 2 aliphatic heterocycles. The van der Waals surface area contributed by atoms with Gasteiger partial charge in [-0.3, -0.25) is 19.3 Å². The van der Waals surface area contributed by atoms with Crippen molar-refractivity contribution >= 4 is 30.1 Å². The van der Waals surface area contributed by atoms with Crippen LogP contribution in [0.3, 0.4) is 0 Å². The van der Waals surface area contributed by atoms with Gasteiger partial charge in [-0.15, -0.1) is 12.4 Å². The molecule has 2 aliphatic rings. The molecule has 0 atom stereocenters. The Morgan fingerprint density at radius 1 is 1.12 bits per heavy atom. The molecule has 0 aliphatic carbocycles. The van der Waals surface area contributed by atoms with Gasteiger partial charge in [-0.2, -0.15) is 0 Å². The van der Waals surface area contributed by atoms with Crippen LogP contribution in [0.25, 0.3) is 0 Å². The molecule has 130 valence electrons. The van der Waals surface area contributed by atoms with Gasteiger partial charge in [0.05, 0.1) is 11.1 Å². The summed E-state index contributed by atoms with van der Waals surface area (Å²) in [5, 5.41) is 3.20. The van der Waals surface area contributed by atoms with Crippen molar-refractivity contribution in [2.75, 3.05) is 32.7 Å². The highest BCUT2D eigenvalue weighted by Crippen LogP contribution is 2.25. The zero-order chi connectivity index (χ0) is 16.4. The molecule has 0 bridgehead atoms. The Bertz CT molecular complexity index is 656. The number of carbonyl (C=O) groups is 3. The van der Waals surface area contributed by atoms with Crippen molar-refractivity contribution in [3.8, 4) is 0 Å². The number of carbonyl (C=O) groups excluding carboxylic acids is 3. The van der Waals surface area contributed by atoms with Gasteiger partial charge in [-0.25, -0.2) is 0 Å². The number of fused-ring (bicyclic) bond motifs is 1. The second-order valence-electron chi connectivity index (χ2n) is 5.92. The molecule has 1 saturated heterocycles. The van der Waals surface area contributed by atoms with Crippen molar-refractivity contribution in [2.24, 2.45) is 0 Å². The third-order valence-electron chi connectivity index (χ3n) is 4.36. The van der Waals surface area contributed by atoms with Crippen LogP contribution in [0.5, 0.6) is 0 Å². The molecule has 0 radical (unpaired) electrons. The lowest BCUT2D eigenvalue weighted by Crippen LogP contribution is -2.46. The first kappa shape index (κ1) is 18.4. The molecular weight excluding hydrogens is 330 g/mol. The van der Waals surface area contributed by atoms with Crippen LogP contribution in [0.15, 0.2) is 18.2 Å². The number of amides is 3. The molecule has 7 heteroatoms. The SMILES string of the molecule is CCCCN1C(=O)c2ccc(C(=O)N3CCNCC3)cc2C1=O.Cl. The van der Waals surface area contributed by atoms with E-state index in [1.54, 1.807) is 23.1 Å². The second kappa shape index (κ2) is 7.77. The summed E-state index contributed by atoms with van der Waals surface area (Å²) in [6.07, 6.45) is 1.71. The first-order chi connectivity index (χ1) is 11.1. The van der Waals surface area contributed by atoms with E-state index in [9.17, 15) is 14.4 Å². The van der Waals surface area contributed by atoms with Crippen LogP contribution in [0.1, 0.15) is 50.8 Å². The Morgan fingerprint density at radius 3 is 2.46 bits per heavy atom. The van der Waals surface area contributed by atoms with E-state index in [4.69, 9.17) is 0 Å². The fourth-order valence-corrected chi connectivity index (χ4v) is 2.99. The number of rotatable bonds is 4. The fourth-order valence-electron chi connectivity index (χ4n) is 2.99. The standard InChI is InChI=1S/C17H21N3O3.ClH/c1-2-3-8-20-16(22)13-5-4-12(11-14(13)17(20)23)15(21)19-9-6-18-7-10-19;/h4-5,11,18H,2-3,6-10H2,1H3;1H. The third-order valence-corrected chi connectivity index (χ3v) is 4.36. The Kier molecular flexibility index (Phi) is 5.96. The van der Waals surface area contributed by atoms with Crippen molar-refractivity contribution in [1.82, 2.24) is 15.1 Å². The summed E-state index contributed by atoms with van der Waals surface area (Å²) in [5.41, 5.74) is 1.24. The van der Waals surface area contributed by atoms with E-state index in [-0.39, 0.29) is 30.1 Å². The molecular formula is C17H22ClN3O3. The highest BCUT2D eigenvalue weighted by atomic mass is 35.5. The maximum atomic E-state index is 12.5. The average Bonchev–Trinajstić information content (AvgIpc) is 2.83. The molecule has 0 unspecified atom stereocenters. The molecule has 6 nitrogen and oxygen atoms in total. The first-order valence-corrected chi connectivity index (χ1v) is 8.13. The van der Waals surface area contributed by atoms with Crippen molar-refractivity contribution in [3.63, 3.8) is 0 Å². The van der Waals surface area contributed by atoms with E-state index < -0.39 is 0 Å². The molecule has 24 heavy (non-hydrogen) atoms. The van der Waals surface area contributed by atoms with E-state index >= 15 is 0 Å². The van der Waals surface area contributed by atoms with E-state index in [2.05, 4.69) is 5.32 Å². The van der Waals surface area contributed by atoms with Gasteiger partial charge in [0.2, 0.25) is 0 Å². The summed E-state index contributed by atoms with van der Waals surface area (Å²) in [5.74, 6) is -0.616. The summed E-state index contributed by atoms with van der Waals surface area (Å²) in [4.78, 5) is 40.3. The number of hydrogen-bond acceptors (Lipinski definition) is 4. The van der Waals surface area contributed by atoms with Crippen LogP contribution in [0, 0.1) is 0 Å². The van der Waals surface area contributed by atoms with Crippen LogP contribution in [0.4, 0.5) is 0 Å². The van der Waals surface area contributed by atoms with Gasteiger partial charge in [-0.05, 0) is 24.6 Å². The van der Waals surface area contributed by atoms with Crippen molar-refractivity contribution in [2.45, 2.75) is 19.8 Å². The minimum Gasteiger partial charge on any atom is -0.336 e. The lowest BCUT2D eigenvalue weighted by Gasteiger charge is -2.27. The summed E-state index contributed by atoms with van der Waals surface area (Å²) in [6.45, 7) is 5.32. The highest BCUT2D eigenvalue weighted by molar-refractivity contribution is 6.22. The quantitative estimate of drug-likeness (QED) is 0.836. The van der Waals surface area contributed by atoms with E-state index in [1.807, 2.05) is 6.92 Å². The topological polar surface area (TPSA) is 69.7 Å². The second-order valence-corrected chi connectivity index (χ2v) is 5.92. The molecule has 1 aromatic carbocycles. The van der Waals surface area contributed by atoms with Crippen LogP contribution in [-0.2, 0) is 0 Å². The summed E-state index contributed by atoms with van der Waals surface area (Å²) in [7, 11) is 0. The average molecular weight is 352 g/mol. The molecule has 1 fully saturated rings. The van der Waals surface area contributed by atoms with Crippen LogP contribution in [-0.4, -0.2) is 60.2 Å². The van der Waals surface area contributed by atoms with E-state index in [1.165, 1.54) is 4.90 Å². The molecule has 3 amide bonds. The van der Waals surface area contributed by atoms with Gasteiger partial charge in [-0.1, -0.05) is 13.3 Å². The third kappa shape index (κ3) is 3.30. The van der Waals surface area contributed by atoms with Gasteiger partial charge in [0.1, 0.15) is 0 Å². The van der Waals surface area contributed by atoms with Gasteiger partial charge < -0.3 is 10.2 Å². The molecule has 0 spiro atoms. The zero-order valence-electron chi connectivity index (χ0n) is 13.7. The number of nitrogens with zero attached hydrogens (tertiary/aromatic N) is 2. The van der Waals surface area contributed by atoms with E-state index in [0.717, 1.165) is 25.9 Å². The lowest BCUT2D eigenvalue weighted by atomic mass is 10.0.